The van der Waals surface area contributed by atoms with Crippen LogP contribution < -0.4 is 14.2 Å². The van der Waals surface area contributed by atoms with Crippen molar-refractivity contribution in [1.29, 1.82) is 0 Å². The molecular formula is C20H19FN2O3. The Morgan fingerprint density at radius 3 is 2.54 bits per heavy atom. The summed E-state index contributed by atoms with van der Waals surface area (Å²) < 4.78 is 25.6. The number of rotatable bonds is 4. The first kappa shape index (κ1) is 16.6. The molecule has 3 aromatic rings. The Hall–Kier alpha value is -2.89. The molecule has 1 aromatic heterocycles. The van der Waals surface area contributed by atoms with E-state index < -0.39 is 5.82 Å². The molecule has 1 aliphatic carbocycles. The van der Waals surface area contributed by atoms with E-state index in [2.05, 4.69) is 4.98 Å². The molecule has 0 spiro atoms. The van der Waals surface area contributed by atoms with E-state index in [1.165, 1.54) is 18.2 Å². The second-order valence-corrected chi connectivity index (χ2v) is 6.45. The van der Waals surface area contributed by atoms with E-state index in [4.69, 9.17) is 9.47 Å². The zero-order valence-electron chi connectivity index (χ0n) is 14.4. The molecule has 1 aliphatic rings. The van der Waals surface area contributed by atoms with Crippen molar-refractivity contribution >= 4 is 11.0 Å². The molecule has 0 bridgehead atoms. The summed E-state index contributed by atoms with van der Waals surface area (Å²) in [7, 11) is 1.58. The molecule has 2 aromatic carbocycles. The highest BCUT2D eigenvalue weighted by Crippen LogP contribution is 2.32. The number of fused-ring (bicyclic) bond motifs is 1. The first-order valence-corrected chi connectivity index (χ1v) is 8.69. The normalized spacial score (nSPS) is 14.7. The molecule has 26 heavy (non-hydrogen) atoms. The van der Waals surface area contributed by atoms with Gasteiger partial charge in [0.25, 0.3) is 11.6 Å². The molecule has 1 saturated carbocycles. The second-order valence-electron chi connectivity index (χ2n) is 6.45. The number of nitrogens with zero attached hydrogens (tertiary/aromatic N) is 2. The van der Waals surface area contributed by atoms with E-state index in [0.29, 0.717) is 21.6 Å². The van der Waals surface area contributed by atoms with Gasteiger partial charge < -0.3 is 14.7 Å². The Morgan fingerprint density at radius 1 is 1.12 bits per heavy atom. The standard InChI is InChI=1S/C20H19FN2O3/c1-25-15-9-6-13(7-10-15)19-20(26-16-4-2-3-5-16)22-17-11-8-14(21)12-18(17)23(19)24/h6-12,16H,2-5H2,1H3. The van der Waals surface area contributed by atoms with Gasteiger partial charge in [-0.3, -0.25) is 0 Å². The summed E-state index contributed by atoms with van der Waals surface area (Å²) in [6.45, 7) is 0. The van der Waals surface area contributed by atoms with Gasteiger partial charge in [0.1, 0.15) is 23.2 Å². The Balaban J connectivity index is 1.89. The lowest BCUT2D eigenvalue weighted by Gasteiger charge is -2.16. The molecule has 0 aliphatic heterocycles. The minimum absolute atomic E-state index is 0.0531. The number of hydrogen-bond donors (Lipinski definition) is 0. The summed E-state index contributed by atoms with van der Waals surface area (Å²) >= 11 is 0. The zero-order chi connectivity index (χ0) is 18.1. The van der Waals surface area contributed by atoms with Gasteiger partial charge in [0.05, 0.1) is 12.7 Å². The molecule has 0 amide bonds. The fourth-order valence-electron chi connectivity index (χ4n) is 3.36. The molecule has 1 fully saturated rings. The van der Waals surface area contributed by atoms with E-state index in [-0.39, 0.29) is 23.2 Å². The molecule has 6 heteroatoms. The fourth-order valence-corrected chi connectivity index (χ4v) is 3.36. The Labute approximate surface area is 150 Å². The first-order valence-electron chi connectivity index (χ1n) is 8.69. The van der Waals surface area contributed by atoms with Gasteiger partial charge in [-0.25, -0.2) is 9.37 Å². The second kappa shape index (κ2) is 6.78. The van der Waals surface area contributed by atoms with Gasteiger partial charge in [-0.2, -0.15) is 4.73 Å². The minimum Gasteiger partial charge on any atom is -0.618 e. The van der Waals surface area contributed by atoms with Gasteiger partial charge in [0.15, 0.2) is 0 Å². The zero-order valence-corrected chi connectivity index (χ0v) is 14.4. The third-order valence-corrected chi connectivity index (χ3v) is 4.73. The van der Waals surface area contributed by atoms with Crippen LogP contribution in [0.3, 0.4) is 0 Å². The minimum atomic E-state index is -0.478. The largest absolute Gasteiger partial charge is 0.618 e. The lowest BCUT2D eigenvalue weighted by Crippen LogP contribution is -2.32. The topological polar surface area (TPSA) is 58.3 Å². The van der Waals surface area contributed by atoms with Gasteiger partial charge in [0.2, 0.25) is 5.52 Å². The van der Waals surface area contributed by atoms with E-state index >= 15 is 0 Å². The third-order valence-electron chi connectivity index (χ3n) is 4.73. The van der Waals surface area contributed by atoms with Crippen molar-refractivity contribution in [2.45, 2.75) is 31.8 Å². The van der Waals surface area contributed by atoms with Crippen molar-refractivity contribution in [1.82, 2.24) is 4.98 Å². The number of aromatic nitrogens is 2. The SMILES string of the molecule is COc1ccc(-c2c(OC3CCCC3)nc3ccc(F)cc3[n+]2[O-])cc1. The highest BCUT2D eigenvalue weighted by Gasteiger charge is 2.26. The predicted octanol–water partition coefficient (Wildman–Crippen LogP) is 4.00. The maximum absolute atomic E-state index is 13.6. The van der Waals surface area contributed by atoms with Crippen LogP contribution in [0.25, 0.3) is 22.3 Å². The number of benzene rings is 2. The summed E-state index contributed by atoms with van der Waals surface area (Å²) in [5, 5.41) is 13.0. The highest BCUT2D eigenvalue weighted by molar-refractivity contribution is 5.75. The van der Waals surface area contributed by atoms with E-state index in [1.807, 2.05) is 0 Å². The smallest absolute Gasteiger partial charge is 0.291 e. The van der Waals surface area contributed by atoms with Gasteiger partial charge in [-0.05, 0) is 62.1 Å². The summed E-state index contributed by atoms with van der Waals surface area (Å²) in [4.78, 5) is 4.52. The van der Waals surface area contributed by atoms with Gasteiger partial charge in [-0.1, -0.05) is 0 Å². The quantitative estimate of drug-likeness (QED) is 0.525. The lowest BCUT2D eigenvalue weighted by atomic mass is 10.1. The van der Waals surface area contributed by atoms with Crippen molar-refractivity contribution in [2.24, 2.45) is 0 Å². The summed E-state index contributed by atoms with van der Waals surface area (Å²) in [5.41, 5.74) is 1.52. The van der Waals surface area contributed by atoms with Crippen LogP contribution >= 0.6 is 0 Å². The monoisotopic (exact) mass is 354 g/mol. The molecule has 0 unspecified atom stereocenters. The fraction of sp³-hybridized carbons (Fsp3) is 0.300. The summed E-state index contributed by atoms with van der Waals surface area (Å²) in [6, 6.07) is 11.1. The third kappa shape index (κ3) is 3.03. The molecule has 0 N–H and O–H groups in total. The van der Waals surface area contributed by atoms with Crippen molar-refractivity contribution in [2.75, 3.05) is 7.11 Å². The lowest BCUT2D eigenvalue weighted by molar-refractivity contribution is -0.565. The average Bonchev–Trinajstić information content (AvgIpc) is 3.16. The van der Waals surface area contributed by atoms with Gasteiger partial charge in [0, 0.05) is 6.07 Å². The molecule has 134 valence electrons. The van der Waals surface area contributed by atoms with Crippen LogP contribution in [0.1, 0.15) is 25.7 Å². The van der Waals surface area contributed by atoms with Crippen LogP contribution in [0, 0.1) is 11.0 Å². The van der Waals surface area contributed by atoms with Crippen LogP contribution in [-0.4, -0.2) is 18.2 Å². The van der Waals surface area contributed by atoms with Crippen molar-refractivity contribution < 1.29 is 18.6 Å². The van der Waals surface area contributed by atoms with E-state index in [0.717, 1.165) is 25.7 Å². The average molecular weight is 354 g/mol. The van der Waals surface area contributed by atoms with E-state index in [1.54, 1.807) is 31.4 Å². The highest BCUT2D eigenvalue weighted by atomic mass is 19.1. The Morgan fingerprint density at radius 2 is 1.85 bits per heavy atom. The number of methoxy groups -OCH3 is 1. The summed E-state index contributed by atoms with van der Waals surface area (Å²) in [6.07, 6.45) is 4.17. The van der Waals surface area contributed by atoms with Crippen LogP contribution in [0.5, 0.6) is 11.6 Å². The predicted molar refractivity (Wildman–Crippen MR) is 95.5 cm³/mol. The molecule has 0 atom stereocenters. The molecule has 0 radical (unpaired) electrons. The first-order chi connectivity index (χ1) is 12.7. The van der Waals surface area contributed by atoms with Gasteiger partial charge in [-0.15, -0.1) is 0 Å². The van der Waals surface area contributed by atoms with Crippen LogP contribution in [0.4, 0.5) is 4.39 Å². The summed E-state index contributed by atoms with van der Waals surface area (Å²) in [5.74, 6) is 0.495. The molecule has 1 heterocycles. The van der Waals surface area contributed by atoms with Crippen LogP contribution in [0.2, 0.25) is 0 Å². The Kier molecular flexibility index (Phi) is 4.32. The molecular weight excluding hydrogens is 335 g/mol. The number of halogens is 1. The van der Waals surface area contributed by atoms with E-state index in [9.17, 15) is 9.60 Å². The molecule has 5 nitrogen and oxygen atoms in total. The maximum Gasteiger partial charge on any atom is 0.291 e. The van der Waals surface area contributed by atoms with Crippen molar-refractivity contribution in [3.05, 3.63) is 53.5 Å². The Bertz CT molecular complexity index is 938. The maximum atomic E-state index is 13.6. The molecule has 0 saturated heterocycles. The van der Waals surface area contributed by atoms with Crippen molar-refractivity contribution in [3.63, 3.8) is 0 Å². The van der Waals surface area contributed by atoms with Crippen LogP contribution in [0.15, 0.2) is 42.5 Å². The molecule has 4 rings (SSSR count). The van der Waals surface area contributed by atoms with Crippen LogP contribution in [-0.2, 0) is 0 Å². The number of ether oxygens (including phenoxy) is 2. The van der Waals surface area contributed by atoms with Crippen molar-refractivity contribution in [3.8, 4) is 22.9 Å². The van der Waals surface area contributed by atoms with Gasteiger partial charge >= 0.3 is 0 Å². The number of hydrogen-bond acceptors (Lipinski definition) is 4.